The third-order valence-electron chi connectivity index (χ3n) is 1.79. The quantitative estimate of drug-likeness (QED) is 0.643. The van der Waals surface area contributed by atoms with Gasteiger partial charge in [-0.2, -0.15) is 0 Å². The second-order valence-corrected chi connectivity index (χ2v) is 5.67. The molecule has 1 rings (SSSR count). The smallest absolute Gasteiger partial charge is 0.334 e. The molecule has 0 aliphatic rings. The number of aliphatic hydroxyl groups is 1. The summed E-state index contributed by atoms with van der Waals surface area (Å²) in [4.78, 5) is 22.4. The Morgan fingerprint density at radius 3 is 2.65 bits per heavy atom. The Hall–Kier alpha value is -1.12. The van der Waals surface area contributed by atoms with Gasteiger partial charge in [0.15, 0.2) is 6.10 Å². The maximum Gasteiger partial charge on any atom is 0.334 e. The monoisotopic (exact) mass is 322 g/mol. The number of rotatable bonds is 5. The lowest BCUT2D eigenvalue weighted by atomic mass is 10.4. The van der Waals surface area contributed by atoms with E-state index in [0.29, 0.717) is 6.54 Å². The van der Waals surface area contributed by atoms with Gasteiger partial charge in [-0.05, 0) is 28.1 Å². The molecule has 4 N–H and O–H groups in total. The highest BCUT2D eigenvalue weighted by atomic mass is 79.9. The number of amides is 2. The highest BCUT2D eigenvalue weighted by Gasteiger charge is 2.13. The molecule has 0 bridgehead atoms. The summed E-state index contributed by atoms with van der Waals surface area (Å²) in [7, 11) is 0. The van der Waals surface area contributed by atoms with E-state index in [4.69, 9.17) is 10.2 Å². The molecule has 1 aromatic heterocycles. The number of urea groups is 1. The van der Waals surface area contributed by atoms with Crippen molar-refractivity contribution >= 4 is 39.3 Å². The molecular formula is C9H11BrN2O4S. The first-order valence-corrected chi connectivity index (χ1v) is 6.27. The van der Waals surface area contributed by atoms with E-state index in [9.17, 15) is 9.59 Å². The van der Waals surface area contributed by atoms with E-state index >= 15 is 0 Å². The molecule has 8 heteroatoms. The molecule has 0 aliphatic heterocycles. The van der Waals surface area contributed by atoms with Gasteiger partial charge in [0.1, 0.15) is 0 Å². The molecule has 1 heterocycles. The van der Waals surface area contributed by atoms with Crippen LogP contribution >= 0.6 is 27.3 Å². The van der Waals surface area contributed by atoms with Gasteiger partial charge >= 0.3 is 12.0 Å². The summed E-state index contributed by atoms with van der Waals surface area (Å²) >= 11 is 4.79. The minimum Gasteiger partial charge on any atom is -0.479 e. The third kappa shape index (κ3) is 5.16. The van der Waals surface area contributed by atoms with Gasteiger partial charge in [-0.1, -0.05) is 0 Å². The molecule has 6 nitrogen and oxygen atoms in total. The van der Waals surface area contributed by atoms with Gasteiger partial charge in [-0.3, -0.25) is 0 Å². The molecule has 1 aromatic rings. The average Bonchev–Trinajstić information content (AvgIpc) is 2.69. The van der Waals surface area contributed by atoms with Gasteiger partial charge in [0, 0.05) is 4.88 Å². The summed E-state index contributed by atoms with van der Waals surface area (Å²) in [5, 5.41) is 22.1. The van der Waals surface area contributed by atoms with Crippen molar-refractivity contribution in [2.75, 3.05) is 6.54 Å². The van der Waals surface area contributed by atoms with E-state index < -0.39 is 18.1 Å². The van der Waals surface area contributed by atoms with Crippen LogP contribution in [0.3, 0.4) is 0 Å². The van der Waals surface area contributed by atoms with Gasteiger partial charge < -0.3 is 20.8 Å². The zero-order chi connectivity index (χ0) is 12.8. The van der Waals surface area contributed by atoms with Gasteiger partial charge in [0.05, 0.1) is 16.9 Å². The van der Waals surface area contributed by atoms with E-state index in [1.54, 1.807) is 0 Å². The fraction of sp³-hybridized carbons (Fsp3) is 0.333. The summed E-state index contributed by atoms with van der Waals surface area (Å²) < 4.78 is 0.969. The van der Waals surface area contributed by atoms with Crippen LogP contribution in [-0.2, 0) is 11.3 Å². The number of hydrogen-bond acceptors (Lipinski definition) is 4. The maximum absolute atomic E-state index is 11.2. The number of thiophene rings is 1. The summed E-state index contributed by atoms with van der Waals surface area (Å²) in [5.74, 6) is -1.37. The first-order chi connectivity index (χ1) is 7.99. The van der Waals surface area contributed by atoms with Crippen molar-refractivity contribution in [3.8, 4) is 0 Å². The molecule has 2 amide bonds. The van der Waals surface area contributed by atoms with Crippen LogP contribution < -0.4 is 10.6 Å². The standard InChI is InChI=1S/C9H11BrN2O4S/c10-7-2-1-5(17-7)3-11-9(16)12-4-6(13)8(14)15/h1-2,6,13H,3-4H2,(H,14,15)(H2,11,12,16). The maximum atomic E-state index is 11.2. The summed E-state index contributed by atoms with van der Waals surface area (Å²) in [6, 6.07) is 3.21. The minimum atomic E-state index is -1.59. The van der Waals surface area contributed by atoms with Crippen LogP contribution in [0.4, 0.5) is 4.79 Å². The van der Waals surface area contributed by atoms with Crippen LogP contribution in [0.5, 0.6) is 0 Å². The molecule has 1 atom stereocenters. The number of halogens is 1. The fourth-order valence-corrected chi connectivity index (χ4v) is 2.38. The van der Waals surface area contributed by atoms with Crippen LogP contribution in [0.2, 0.25) is 0 Å². The van der Waals surface area contributed by atoms with E-state index in [2.05, 4.69) is 26.6 Å². The molecule has 0 saturated heterocycles. The Bertz CT molecular complexity index is 409. The molecular weight excluding hydrogens is 312 g/mol. The largest absolute Gasteiger partial charge is 0.479 e. The van der Waals surface area contributed by atoms with Gasteiger partial charge in [-0.25, -0.2) is 9.59 Å². The van der Waals surface area contributed by atoms with Crippen LogP contribution in [0.15, 0.2) is 15.9 Å². The van der Waals surface area contributed by atoms with Crippen molar-refractivity contribution in [2.24, 2.45) is 0 Å². The van der Waals surface area contributed by atoms with E-state index in [1.165, 1.54) is 11.3 Å². The van der Waals surface area contributed by atoms with Gasteiger partial charge in [0.25, 0.3) is 0 Å². The van der Waals surface area contributed by atoms with Crippen LogP contribution in [0.1, 0.15) is 4.88 Å². The number of aliphatic carboxylic acids is 1. The molecule has 0 aliphatic carbocycles. The number of carbonyl (C=O) groups excluding carboxylic acids is 1. The van der Waals surface area contributed by atoms with Crippen LogP contribution in [0.25, 0.3) is 0 Å². The number of nitrogens with one attached hydrogen (secondary N) is 2. The highest BCUT2D eigenvalue weighted by molar-refractivity contribution is 9.11. The Morgan fingerprint density at radius 2 is 2.12 bits per heavy atom. The molecule has 1 unspecified atom stereocenters. The summed E-state index contributed by atoms with van der Waals surface area (Å²) in [5.41, 5.74) is 0. The first-order valence-electron chi connectivity index (χ1n) is 4.66. The number of carboxylic acids is 1. The first kappa shape index (κ1) is 13.9. The third-order valence-corrected chi connectivity index (χ3v) is 3.42. The molecule has 0 fully saturated rings. The van der Waals surface area contributed by atoms with Gasteiger partial charge in [0.2, 0.25) is 0 Å². The van der Waals surface area contributed by atoms with Crippen molar-refractivity contribution in [3.05, 3.63) is 20.8 Å². The lowest BCUT2D eigenvalue weighted by Gasteiger charge is -2.08. The number of carbonyl (C=O) groups is 2. The van der Waals surface area contributed by atoms with E-state index in [1.807, 2.05) is 12.1 Å². The zero-order valence-electron chi connectivity index (χ0n) is 8.64. The van der Waals surface area contributed by atoms with Crippen molar-refractivity contribution < 1.29 is 19.8 Å². The highest BCUT2D eigenvalue weighted by Crippen LogP contribution is 2.21. The number of carboxylic acid groups (broad SMARTS) is 1. The summed E-state index contributed by atoms with van der Waals surface area (Å²) in [6.45, 7) is 0.0283. The SMILES string of the molecule is O=C(NCc1ccc(Br)s1)NCC(O)C(=O)O. The van der Waals surface area contributed by atoms with Crippen molar-refractivity contribution in [1.29, 1.82) is 0 Å². The Labute approximate surface area is 110 Å². The molecule has 94 valence electrons. The predicted molar refractivity (Wildman–Crippen MR) is 65.9 cm³/mol. The Kier molecular flexibility index (Phi) is 5.39. The van der Waals surface area contributed by atoms with Gasteiger partial charge in [-0.15, -0.1) is 11.3 Å². The summed E-state index contributed by atoms with van der Waals surface area (Å²) in [6.07, 6.45) is -1.59. The Balaban J connectivity index is 2.24. The van der Waals surface area contributed by atoms with Crippen LogP contribution in [0, 0.1) is 0 Å². The normalized spacial score (nSPS) is 11.9. The topological polar surface area (TPSA) is 98.7 Å². The lowest BCUT2D eigenvalue weighted by Crippen LogP contribution is -2.41. The second kappa shape index (κ2) is 6.58. The number of aliphatic hydroxyl groups excluding tert-OH is 1. The Morgan fingerprint density at radius 1 is 1.41 bits per heavy atom. The van der Waals surface area contributed by atoms with E-state index in [-0.39, 0.29) is 6.54 Å². The van der Waals surface area contributed by atoms with Crippen molar-refractivity contribution in [1.82, 2.24) is 10.6 Å². The molecule has 0 aromatic carbocycles. The number of hydrogen-bond donors (Lipinski definition) is 4. The zero-order valence-corrected chi connectivity index (χ0v) is 11.0. The minimum absolute atomic E-state index is 0.324. The molecule has 0 radical (unpaired) electrons. The van der Waals surface area contributed by atoms with E-state index in [0.717, 1.165) is 8.66 Å². The predicted octanol–water partition coefficient (Wildman–Crippen LogP) is 0.755. The average molecular weight is 323 g/mol. The second-order valence-electron chi connectivity index (χ2n) is 3.12. The van der Waals surface area contributed by atoms with Crippen molar-refractivity contribution in [2.45, 2.75) is 12.6 Å². The van der Waals surface area contributed by atoms with Crippen molar-refractivity contribution in [3.63, 3.8) is 0 Å². The fourth-order valence-electron chi connectivity index (χ4n) is 0.953. The lowest BCUT2D eigenvalue weighted by molar-refractivity contribution is -0.146. The molecule has 17 heavy (non-hydrogen) atoms. The van der Waals surface area contributed by atoms with Crippen LogP contribution in [-0.4, -0.2) is 34.9 Å². The molecule has 0 saturated carbocycles. The molecule has 0 spiro atoms.